The molecule has 2 fully saturated rings. The average molecular weight is 182 g/mol. The normalized spacial score (nSPS) is 38.3. The number of piperidine rings is 1. The van der Waals surface area contributed by atoms with Crippen LogP contribution in [0.4, 0.5) is 0 Å². The van der Waals surface area contributed by atoms with Crippen LogP contribution in [-0.2, 0) is 0 Å². The maximum Gasteiger partial charge on any atom is 0.0260 e. The second kappa shape index (κ2) is 3.97. The lowest BCUT2D eigenvalue weighted by Crippen LogP contribution is -2.43. The maximum absolute atomic E-state index is 2.72. The van der Waals surface area contributed by atoms with Crippen LogP contribution >= 0.6 is 0 Å². The van der Waals surface area contributed by atoms with Crippen molar-refractivity contribution in [3.8, 4) is 0 Å². The van der Waals surface area contributed by atoms with E-state index in [-0.39, 0.29) is 0 Å². The summed E-state index contributed by atoms with van der Waals surface area (Å²) in [6.07, 6.45) is 4.30. The van der Waals surface area contributed by atoms with Crippen molar-refractivity contribution in [2.24, 2.45) is 5.92 Å². The van der Waals surface area contributed by atoms with Crippen molar-refractivity contribution in [1.82, 2.24) is 9.80 Å². The molecule has 0 aliphatic carbocycles. The first-order valence-corrected chi connectivity index (χ1v) is 5.70. The summed E-state index contributed by atoms with van der Waals surface area (Å²) in [6.45, 7) is 7.69. The molecule has 0 amide bonds. The largest absolute Gasteiger partial charge is 0.304 e. The lowest BCUT2D eigenvalue weighted by Gasteiger charge is -2.34. The Kier molecular flexibility index (Phi) is 2.89. The van der Waals surface area contributed by atoms with Crippen LogP contribution in [0.3, 0.4) is 0 Å². The maximum atomic E-state index is 2.72. The predicted molar refractivity (Wildman–Crippen MR) is 55.9 cm³/mol. The minimum atomic E-state index is 0.852. The van der Waals surface area contributed by atoms with E-state index in [9.17, 15) is 0 Å². The number of rotatable bonds is 1. The van der Waals surface area contributed by atoms with Crippen molar-refractivity contribution in [3.05, 3.63) is 0 Å². The molecule has 0 N–H and O–H groups in total. The van der Waals surface area contributed by atoms with Gasteiger partial charge in [0.15, 0.2) is 0 Å². The van der Waals surface area contributed by atoms with Gasteiger partial charge in [0, 0.05) is 19.1 Å². The van der Waals surface area contributed by atoms with Crippen LogP contribution in [0.2, 0.25) is 0 Å². The van der Waals surface area contributed by atoms with Gasteiger partial charge in [-0.2, -0.15) is 0 Å². The van der Waals surface area contributed by atoms with Gasteiger partial charge in [0.05, 0.1) is 0 Å². The van der Waals surface area contributed by atoms with Crippen LogP contribution in [0.15, 0.2) is 0 Å². The summed E-state index contributed by atoms with van der Waals surface area (Å²) < 4.78 is 0. The zero-order valence-electron chi connectivity index (χ0n) is 9.00. The van der Waals surface area contributed by atoms with Crippen LogP contribution in [0.5, 0.6) is 0 Å². The summed E-state index contributed by atoms with van der Waals surface area (Å²) in [7, 11) is 2.25. The smallest absolute Gasteiger partial charge is 0.0260 e. The summed E-state index contributed by atoms with van der Waals surface area (Å²) in [6, 6.07) is 0.852. The lowest BCUT2D eigenvalue weighted by molar-refractivity contribution is 0.145. The molecule has 2 rings (SSSR count). The first-order chi connectivity index (χ1) is 6.27. The molecule has 76 valence electrons. The number of likely N-dealkylation sites (N-methyl/N-ethyl adjacent to an activating group) is 1. The van der Waals surface area contributed by atoms with Gasteiger partial charge in [-0.25, -0.2) is 0 Å². The van der Waals surface area contributed by atoms with Gasteiger partial charge in [-0.3, -0.25) is 4.90 Å². The van der Waals surface area contributed by atoms with Gasteiger partial charge < -0.3 is 4.90 Å². The number of likely N-dealkylation sites (tertiary alicyclic amines) is 2. The second-order valence-electron chi connectivity index (χ2n) is 4.86. The number of hydrogen-bond donors (Lipinski definition) is 0. The predicted octanol–water partition coefficient (Wildman–Crippen LogP) is 1.42. The monoisotopic (exact) mass is 182 g/mol. The molecule has 0 aromatic rings. The molecule has 2 aliphatic rings. The Hall–Kier alpha value is -0.0800. The molecule has 0 bridgehead atoms. The van der Waals surface area contributed by atoms with E-state index in [1.54, 1.807) is 0 Å². The fourth-order valence-corrected chi connectivity index (χ4v) is 2.91. The van der Waals surface area contributed by atoms with Crippen molar-refractivity contribution < 1.29 is 0 Å². The molecule has 2 saturated heterocycles. The molecular formula is C11H22N2. The molecule has 2 atom stereocenters. The minimum absolute atomic E-state index is 0.852. The van der Waals surface area contributed by atoms with E-state index in [1.165, 1.54) is 45.4 Å². The van der Waals surface area contributed by atoms with Crippen molar-refractivity contribution in [2.45, 2.75) is 32.2 Å². The fraction of sp³-hybridized carbons (Fsp3) is 1.00. The van der Waals surface area contributed by atoms with Gasteiger partial charge in [0.25, 0.3) is 0 Å². The van der Waals surface area contributed by atoms with Crippen LogP contribution in [-0.4, -0.2) is 49.1 Å². The van der Waals surface area contributed by atoms with Gasteiger partial charge >= 0.3 is 0 Å². The third-order valence-electron chi connectivity index (χ3n) is 3.61. The quantitative estimate of drug-likeness (QED) is 0.605. The van der Waals surface area contributed by atoms with Gasteiger partial charge in [0.1, 0.15) is 0 Å². The van der Waals surface area contributed by atoms with Crippen molar-refractivity contribution >= 4 is 0 Å². The summed E-state index contributed by atoms with van der Waals surface area (Å²) in [4.78, 5) is 5.20. The molecule has 0 spiro atoms. The van der Waals surface area contributed by atoms with E-state index in [1.807, 2.05) is 0 Å². The molecule has 0 saturated carbocycles. The highest BCUT2D eigenvalue weighted by Gasteiger charge is 2.32. The van der Waals surface area contributed by atoms with Crippen LogP contribution in [0, 0.1) is 5.92 Å². The topological polar surface area (TPSA) is 6.48 Å². The molecule has 0 aromatic carbocycles. The summed E-state index contributed by atoms with van der Waals surface area (Å²) in [5.74, 6) is 0.878. The molecule has 2 aliphatic heterocycles. The van der Waals surface area contributed by atoms with Gasteiger partial charge in [-0.15, -0.1) is 0 Å². The molecular weight excluding hydrogens is 160 g/mol. The molecule has 2 heterocycles. The van der Waals surface area contributed by atoms with Crippen molar-refractivity contribution in [1.29, 1.82) is 0 Å². The fourth-order valence-electron chi connectivity index (χ4n) is 2.91. The molecule has 2 nitrogen and oxygen atoms in total. The van der Waals surface area contributed by atoms with Crippen molar-refractivity contribution in [3.63, 3.8) is 0 Å². The Morgan fingerprint density at radius 1 is 1.00 bits per heavy atom. The second-order valence-corrected chi connectivity index (χ2v) is 4.86. The Labute approximate surface area is 81.9 Å². The van der Waals surface area contributed by atoms with Gasteiger partial charge in [-0.1, -0.05) is 13.3 Å². The third kappa shape index (κ3) is 2.05. The molecule has 0 aromatic heterocycles. The first kappa shape index (κ1) is 9.47. The summed E-state index contributed by atoms with van der Waals surface area (Å²) in [5.41, 5.74) is 0. The lowest BCUT2D eigenvalue weighted by atomic mass is 10.0. The van der Waals surface area contributed by atoms with E-state index in [2.05, 4.69) is 23.8 Å². The number of hydrogen-bond acceptors (Lipinski definition) is 2. The minimum Gasteiger partial charge on any atom is -0.304 e. The first-order valence-electron chi connectivity index (χ1n) is 5.70. The summed E-state index contributed by atoms with van der Waals surface area (Å²) in [5, 5.41) is 0. The highest BCUT2D eigenvalue weighted by Crippen LogP contribution is 2.23. The van der Waals surface area contributed by atoms with Crippen LogP contribution < -0.4 is 0 Å². The zero-order chi connectivity index (χ0) is 9.26. The third-order valence-corrected chi connectivity index (χ3v) is 3.61. The Bertz CT molecular complexity index is 163. The van der Waals surface area contributed by atoms with E-state index in [0.717, 1.165) is 12.0 Å². The van der Waals surface area contributed by atoms with Crippen molar-refractivity contribution in [2.75, 3.05) is 33.2 Å². The van der Waals surface area contributed by atoms with E-state index in [0.29, 0.717) is 0 Å². The highest BCUT2D eigenvalue weighted by atomic mass is 15.2. The Morgan fingerprint density at radius 2 is 1.69 bits per heavy atom. The molecule has 2 heteroatoms. The molecule has 0 radical (unpaired) electrons. The van der Waals surface area contributed by atoms with Crippen LogP contribution in [0.25, 0.3) is 0 Å². The standard InChI is InChI=1S/C11H22N2/c1-10-8-12(2)9-11(10)13-6-4-3-5-7-13/h10-11H,3-9H2,1-2H3. The average Bonchev–Trinajstić information content (AvgIpc) is 2.47. The molecule has 13 heavy (non-hydrogen) atoms. The van der Waals surface area contributed by atoms with Gasteiger partial charge in [0.2, 0.25) is 0 Å². The van der Waals surface area contributed by atoms with E-state index >= 15 is 0 Å². The van der Waals surface area contributed by atoms with Crippen LogP contribution in [0.1, 0.15) is 26.2 Å². The SMILES string of the molecule is CC1CN(C)CC1N1CCCCC1. The molecule has 2 unspecified atom stereocenters. The Morgan fingerprint density at radius 3 is 2.23 bits per heavy atom. The van der Waals surface area contributed by atoms with Gasteiger partial charge in [-0.05, 0) is 38.9 Å². The zero-order valence-corrected chi connectivity index (χ0v) is 9.00. The van der Waals surface area contributed by atoms with E-state index < -0.39 is 0 Å². The Balaban J connectivity index is 1.91. The number of nitrogens with zero attached hydrogens (tertiary/aromatic N) is 2. The summed E-state index contributed by atoms with van der Waals surface area (Å²) >= 11 is 0. The van der Waals surface area contributed by atoms with E-state index in [4.69, 9.17) is 0 Å². The highest BCUT2D eigenvalue weighted by molar-refractivity contribution is 4.88.